The van der Waals surface area contributed by atoms with E-state index in [-0.39, 0.29) is 0 Å². The first-order valence-electron chi connectivity index (χ1n) is 8.14. The summed E-state index contributed by atoms with van der Waals surface area (Å²) in [6.45, 7) is 11.5. The second kappa shape index (κ2) is 9.15. The van der Waals surface area contributed by atoms with Crippen molar-refractivity contribution in [2.45, 2.75) is 52.6 Å². The third-order valence-electron chi connectivity index (χ3n) is 4.58. The van der Waals surface area contributed by atoms with Crippen LogP contribution in [0.5, 0.6) is 0 Å². The second-order valence-corrected chi connectivity index (χ2v) is 5.69. The molecule has 1 N–H and O–H groups in total. The molecule has 1 aromatic rings. The van der Waals surface area contributed by atoms with E-state index >= 15 is 0 Å². The average Bonchev–Trinajstić information content (AvgIpc) is 2.50. The normalized spacial score (nSPS) is 14.8. The lowest BCUT2D eigenvalue weighted by molar-refractivity contribution is 0.151. The molecule has 0 amide bonds. The van der Waals surface area contributed by atoms with Gasteiger partial charge in [-0.1, -0.05) is 63.9 Å². The zero-order valence-corrected chi connectivity index (χ0v) is 13.9. The van der Waals surface area contributed by atoms with Crippen molar-refractivity contribution in [3.8, 4) is 0 Å². The van der Waals surface area contributed by atoms with E-state index in [4.69, 9.17) is 0 Å². The molecule has 2 atom stereocenters. The summed E-state index contributed by atoms with van der Waals surface area (Å²) in [6, 6.07) is 11.7. The average molecular weight is 276 g/mol. The summed E-state index contributed by atoms with van der Waals surface area (Å²) >= 11 is 0. The molecule has 0 aliphatic carbocycles. The number of hydrogen-bond acceptors (Lipinski definition) is 2. The molecule has 0 spiro atoms. The number of hydrogen-bond donors (Lipinski definition) is 1. The molecule has 0 fully saturated rings. The Morgan fingerprint density at radius 3 is 2.10 bits per heavy atom. The van der Waals surface area contributed by atoms with Gasteiger partial charge in [-0.15, -0.1) is 0 Å². The van der Waals surface area contributed by atoms with E-state index in [9.17, 15) is 0 Å². The molecule has 0 aliphatic heterocycles. The minimum atomic E-state index is 0.394. The number of nitrogens with zero attached hydrogens (tertiary/aromatic N) is 1. The summed E-state index contributed by atoms with van der Waals surface area (Å²) in [4.78, 5) is 2.62. The summed E-state index contributed by atoms with van der Waals surface area (Å²) < 4.78 is 0. The van der Waals surface area contributed by atoms with E-state index in [1.807, 2.05) is 0 Å². The summed E-state index contributed by atoms with van der Waals surface area (Å²) in [5.74, 6) is 0.811. The molecule has 0 aliphatic rings. The topological polar surface area (TPSA) is 15.3 Å². The lowest BCUT2D eigenvalue weighted by Crippen LogP contribution is -2.44. The lowest BCUT2D eigenvalue weighted by atomic mass is 9.96. The molecular formula is C18H32N2. The lowest BCUT2D eigenvalue weighted by Gasteiger charge is -2.36. The van der Waals surface area contributed by atoms with Crippen molar-refractivity contribution in [1.29, 1.82) is 0 Å². The zero-order valence-electron chi connectivity index (χ0n) is 13.9. The predicted molar refractivity (Wildman–Crippen MR) is 89.0 cm³/mol. The molecule has 0 aromatic heterocycles. The highest BCUT2D eigenvalue weighted by atomic mass is 15.2. The van der Waals surface area contributed by atoms with Gasteiger partial charge < -0.3 is 5.32 Å². The quantitative estimate of drug-likeness (QED) is 0.730. The monoisotopic (exact) mass is 276 g/mol. The highest BCUT2D eigenvalue weighted by Gasteiger charge is 2.24. The van der Waals surface area contributed by atoms with Gasteiger partial charge in [0.2, 0.25) is 0 Å². The van der Waals surface area contributed by atoms with Crippen LogP contribution in [0.2, 0.25) is 0 Å². The molecule has 0 radical (unpaired) electrons. The minimum absolute atomic E-state index is 0.394. The smallest absolute Gasteiger partial charge is 0.0473 e. The van der Waals surface area contributed by atoms with E-state index in [2.05, 4.69) is 75.3 Å². The van der Waals surface area contributed by atoms with Gasteiger partial charge in [0, 0.05) is 18.6 Å². The second-order valence-electron chi connectivity index (χ2n) is 5.69. The van der Waals surface area contributed by atoms with Crippen molar-refractivity contribution < 1.29 is 0 Å². The van der Waals surface area contributed by atoms with E-state index in [1.165, 1.54) is 24.9 Å². The largest absolute Gasteiger partial charge is 0.312 e. The van der Waals surface area contributed by atoms with Gasteiger partial charge in [-0.2, -0.15) is 0 Å². The molecule has 114 valence electrons. The van der Waals surface area contributed by atoms with Crippen molar-refractivity contribution in [1.82, 2.24) is 10.2 Å². The van der Waals surface area contributed by atoms with Crippen LogP contribution in [0.25, 0.3) is 0 Å². The molecule has 2 heteroatoms. The van der Waals surface area contributed by atoms with Crippen LogP contribution in [-0.4, -0.2) is 31.1 Å². The van der Waals surface area contributed by atoms with Crippen molar-refractivity contribution in [2.24, 2.45) is 5.92 Å². The summed E-state index contributed by atoms with van der Waals surface area (Å²) in [7, 11) is 2.07. The first kappa shape index (κ1) is 17.2. The van der Waals surface area contributed by atoms with E-state index in [0.29, 0.717) is 12.1 Å². The highest BCUT2D eigenvalue weighted by Crippen LogP contribution is 2.22. The van der Waals surface area contributed by atoms with Gasteiger partial charge in [-0.3, -0.25) is 4.90 Å². The number of likely N-dealkylation sites (N-methyl/N-ethyl adjacent to an activating group) is 2. The van der Waals surface area contributed by atoms with Crippen LogP contribution >= 0.6 is 0 Å². The summed E-state index contributed by atoms with van der Waals surface area (Å²) in [5.41, 5.74) is 1.38. The van der Waals surface area contributed by atoms with Crippen LogP contribution in [0.15, 0.2) is 30.3 Å². The molecule has 2 nitrogen and oxygen atoms in total. The van der Waals surface area contributed by atoms with Crippen molar-refractivity contribution in [3.05, 3.63) is 35.9 Å². The number of rotatable bonds is 9. The minimum Gasteiger partial charge on any atom is -0.312 e. The molecule has 0 heterocycles. The van der Waals surface area contributed by atoms with Crippen LogP contribution in [0.1, 0.15) is 52.1 Å². The Labute approximate surface area is 125 Å². The fourth-order valence-corrected chi connectivity index (χ4v) is 3.02. The first-order valence-corrected chi connectivity index (χ1v) is 8.14. The molecule has 0 bridgehead atoms. The molecule has 1 rings (SSSR count). The Morgan fingerprint density at radius 1 is 1.05 bits per heavy atom. The van der Waals surface area contributed by atoms with Crippen LogP contribution in [-0.2, 0) is 0 Å². The zero-order chi connectivity index (χ0) is 15.0. The van der Waals surface area contributed by atoms with Gasteiger partial charge in [0.25, 0.3) is 0 Å². The Hall–Kier alpha value is -0.860. The van der Waals surface area contributed by atoms with E-state index < -0.39 is 0 Å². The third kappa shape index (κ3) is 4.60. The maximum Gasteiger partial charge on any atom is 0.0473 e. The molecule has 2 unspecified atom stereocenters. The number of nitrogens with one attached hydrogen (secondary N) is 1. The Kier molecular flexibility index (Phi) is 7.86. The van der Waals surface area contributed by atoms with Crippen LogP contribution in [0.4, 0.5) is 0 Å². The number of benzene rings is 1. The Morgan fingerprint density at radius 2 is 1.65 bits per heavy atom. The molecule has 0 saturated heterocycles. The van der Waals surface area contributed by atoms with E-state index in [1.54, 1.807) is 0 Å². The van der Waals surface area contributed by atoms with Gasteiger partial charge in [0.05, 0.1) is 0 Å². The Bertz CT molecular complexity index is 346. The third-order valence-corrected chi connectivity index (χ3v) is 4.58. The van der Waals surface area contributed by atoms with Gasteiger partial charge in [0.15, 0.2) is 0 Å². The van der Waals surface area contributed by atoms with Gasteiger partial charge in [-0.05, 0) is 32.0 Å². The highest BCUT2D eigenvalue weighted by molar-refractivity contribution is 5.20. The van der Waals surface area contributed by atoms with Crippen molar-refractivity contribution in [2.75, 3.05) is 20.1 Å². The fourth-order valence-electron chi connectivity index (χ4n) is 3.02. The maximum absolute atomic E-state index is 3.50. The molecule has 20 heavy (non-hydrogen) atoms. The Balaban J connectivity index is 2.79. The van der Waals surface area contributed by atoms with Crippen molar-refractivity contribution >= 4 is 0 Å². The summed E-state index contributed by atoms with van der Waals surface area (Å²) in [5, 5.41) is 3.50. The maximum atomic E-state index is 3.50. The fraction of sp³-hybridized carbons (Fsp3) is 0.667. The van der Waals surface area contributed by atoms with Crippen molar-refractivity contribution in [3.63, 3.8) is 0 Å². The first-order chi connectivity index (χ1) is 9.67. The predicted octanol–water partition coefficient (Wildman–Crippen LogP) is 4.09. The van der Waals surface area contributed by atoms with Gasteiger partial charge in [0.1, 0.15) is 0 Å². The van der Waals surface area contributed by atoms with Crippen LogP contribution in [0.3, 0.4) is 0 Å². The van der Waals surface area contributed by atoms with Gasteiger partial charge >= 0.3 is 0 Å². The van der Waals surface area contributed by atoms with Crippen LogP contribution in [0, 0.1) is 5.92 Å². The SMILES string of the molecule is CCC(CC)CN(CC)C(C)C(NC)c1ccccc1. The molecule has 0 saturated carbocycles. The molecule has 1 aromatic carbocycles. The van der Waals surface area contributed by atoms with E-state index in [0.717, 1.165) is 12.5 Å². The van der Waals surface area contributed by atoms with Gasteiger partial charge in [-0.25, -0.2) is 0 Å². The molecular weight excluding hydrogens is 244 g/mol. The summed E-state index contributed by atoms with van der Waals surface area (Å²) in [6.07, 6.45) is 2.55. The van der Waals surface area contributed by atoms with Crippen LogP contribution < -0.4 is 5.32 Å². The standard InChI is InChI=1S/C18H32N2/c1-6-16(7-2)14-20(8-3)15(4)18(19-5)17-12-10-9-11-13-17/h9-13,15-16,18-19H,6-8,14H2,1-5H3.